The average molecular weight is 302 g/mol. The third-order valence-electron chi connectivity index (χ3n) is 4.38. The van der Waals surface area contributed by atoms with Crippen molar-refractivity contribution in [1.82, 2.24) is 0 Å². The van der Waals surface area contributed by atoms with E-state index in [0.29, 0.717) is 5.57 Å². The molecule has 2 aromatic rings. The van der Waals surface area contributed by atoms with E-state index in [2.05, 4.69) is 6.07 Å². The first-order valence-electron chi connectivity index (χ1n) is 7.73. The summed E-state index contributed by atoms with van der Waals surface area (Å²) < 4.78 is 13.4. The highest BCUT2D eigenvalue weighted by Crippen LogP contribution is 2.32. The Labute approximate surface area is 134 Å². The molecule has 2 aliphatic carbocycles. The highest BCUT2D eigenvalue weighted by atomic mass is 19.1. The molecule has 0 bridgehead atoms. The zero-order chi connectivity index (χ0) is 15.8. The first-order valence-corrected chi connectivity index (χ1v) is 7.73. The summed E-state index contributed by atoms with van der Waals surface area (Å²) in [5.74, 6) is -0.166. The minimum absolute atomic E-state index is 0.0228. The maximum atomic E-state index is 13.4. The smallest absolute Gasteiger partial charge is 0.194 e. The Kier molecular flexibility index (Phi) is 3.30. The predicted octanol–water partition coefficient (Wildman–Crippen LogP) is 5.24. The Morgan fingerprint density at radius 2 is 1.83 bits per heavy atom. The lowest BCUT2D eigenvalue weighted by Crippen LogP contribution is -2.14. The average Bonchev–Trinajstić information content (AvgIpc) is 2.79. The van der Waals surface area contributed by atoms with Crippen molar-refractivity contribution in [3.8, 4) is 0 Å². The molecule has 0 unspecified atom stereocenters. The van der Waals surface area contributed by atoms with Gasteiger partial charge in [-0.25, -0.2) is 4.39 Å². The van der Waals surface area contributed by atoms with Crippen LogP contribution in [0.2, 0.25) is 0 Å². The van der Waals surface area contributed by atoms with Crippen molar-refractivity contribution >= 4 is 16.6 Å². The van der Waals surface area contributed by atoms with E-state index < -0.39 is 0 Å². The molecule has 2 aliphatic rings. The summed E-state index contributed by atoms with van der Waals surface area (Å²) in [4.78, 5) is 13.1. The fraction of sp³-hybridized carbons (Fsp3) is 0.0952. The number of rotatable bonds is 1. The van der Waals surface area contributed by atoms with E-state index >= 15 is 0 Å². The second-order valence-electron chi connectivity index (χ2n) is 5.81. The molecular formula is C21H15FO. The van der Waals surface area contributed by atoms with Crippen LogP contribution in [-0.4, -0.2) is 5.78 Å². The number of Topliss-reactive ketones (excluding diaryl/α,β-unsaturated/α-hetero) is 1. The first kappa shape index (κ1) is 13.9. The molecule has 2 aromatic carbocycles. The normalized spacial score (nSPS) is 17.3. The Morgan fingerprint density at radius 3 is 2.74 bits per heavy atom. The second kappa shape index (κ2) is 5.47. The lowest BCUT2D eigenvalue weighted by molar-refractivity contribution is 0.103. The summed E-state index contributed by atoms with van der Waals surface area (Å²) in [6.45, 7) is 0. The van der Waals surface area contributed by atoms with E-state index in [4.69, 9.17) is 0 Å². The van der Waals surface area contributed by atoms with Gasteiger partial charge in [0, 0.05) is 17.6 Å². The summed E-state index contributed by atoms with van der Waals surface area (Å²) in [5.41, 5.74) is 3.28. The first-order chi connectivity index (χ1) is 11.2. The number of allylic oxidation sites excluding steroid dienone is 8. The van der Waals surface area contributed by atoms with Gasteiger partial charge in [-0.3, -0.25) is 4.79 Å². The van der Waals surface area contributed by atoms with Crippen LogP contribution < -0.4 is 0 Å². The highest BCUT2D eigenvalue weighted by molar-refractivity contribution is 6.20. The van der Waals surface area contributed by atoms with Gasteiger partial charge in [0.1, 0.15) is 5.83 Å². The number of fused-ring (bicyclic) bond motifs is 3. The van der Waals surface area contributed by atoms with Gasteiger partial charge in [0.25, 0.3) is 0 Å². The fourth-order valence-corrected chi connectivity index (χ4v) is 3.23. The molecule has 2 heteroatoms. The number of benzene rings is 2. The van der Waals surface area contributed by atoms with Gasteiger partial charge in [-0.15, -0.1) is 0 Å². The fourth-order valence-electron chi connectivity index (χ4n) is 3.23. The molecule has 112 valence electrons. The molecule has 1 nitrogen and oxygen atoms in total. The molecule has 0 amide bonds. The molecule has 4 rings (SSSR count). The van der Waals surface area contributed by atoms with Crippen LogP contribution in [0.3, 0.4) is 0 Å². The van der Waals surface area contributed by atoms with E-state index in [1.165, 1.54) is 6.08 Å². The summed E-state index contributed by atoms with van der Waals surface area (Å²) in [6.07, 6.45) is 9.69. The number of carbonyl (C=O) groups excluding carboxylic acids is 1. The number of carbonyl (C=O) groups is 1. The van der Waals surface area contributed by atoms with Crippen molar-refractivity contribution in [3.63, 3.8) is 0 Å². The van der Waals surface area contributed by atoms with Crippen molar-refractivity contribution in [2.24, 2.45) is 0 Å². The molecule has 0 N–H and O–H groups in total. The molecule has 0 aliphatic heterocycles. The van der Waals surface area contributed by atoms with Crippen molar-refractivity contribution in [2.75, 3.05) is 0 Å². The van der Waals surface area contributed by atoms with Gasteiger partial charge in [-0.1, -0.05) is 60.7 Å². The lowest BCUT2D eigenvalue weighted by atomic mass is 9.84. The van der Waals surface area contributed by atoms with Crippen LogP contribution in [-0.2, 0) is 6.42 Å². The van der Waals surface area contributed by atoms with Gasteiger partial charge in [0.2, 0.25) is 0 Å². The zero-order valence-corrected chi connectivity index (χ0v) is 12.6. The van der Waals surface area contributed by atoms with Gasteiger partial charge in [-0.2, -0.15) is 0 Å². The lowest BCUT2D eigenvalue weighted by Gasteiger charge is -2.18. The van der Waals surface area contributed by atoms with Gasteiger partial charge < -0.3 is 0 Å². The SMILES string of the molecule is O=C1C(C2=CC=C(F)CC=C2)=CCc2ccc3ccccc3c21. The molecule has 0 aromatic heterocycles. The topological polar surface area (TPSA) is 17.1 Å². The van der Waals surface area contributed by atoms with Gasteiger partial charge in [0.05, 0.1) is 0 Å². The Morgan fingerprint density at radius 1 is 0.957 bits per heavy atom. The number of halogens is 1. The minimum atomic E-state index is -0.189. The van der Waals surface area contributed by atoms with Crippen LogP contribution in [0.5, 0.6) is 0 Å². The third-order valence-corrected chi connectivity index (χ3v) is 4.38. The van der Waals surface area contributed by atoms with E-state index in [1.807, 2.05) is 42.5 Å². The number of ketones is 1. The molecule has 0 saturated carbocycles. The summed E-state index contributed by atoms with van der Waals surface area (Å²) in [7, 11) is 0. The standard InChI is InChI=1S/C21H15FO/c22-17-6-3-5-15(10-12-17)19-13-11-16-9-8-14-4-1-2-7-18(14)20(16)21(19)23/h1-5,7-10,12-13H,6,11H2. The zero-order valence-electron chi connectivity index (χ0n) is 12.6. The Hall–Kier alpha value is -2.74. The Bertz CT molecular complexity index is 941. The van der Waals surface area contributed by atoms with Crippen LogP contribution in [0.1, 0.15) is 22.3 Å². The van der Waals surface area contributed by atoms with Gasteiger partial charge in [0.15, 0.2) is 5.78 Å². The third kappa shape index (κ3) is 2.36. The van der Waals surface area contributed by atoms with E-state index in [-0.39, 0.29) is 18.0 Å². The summed E-state index contributed by atoms with van der Waals surface area (Å²) >= 11 is 0. The molecule has 0 saturated heterocycles. The van der Waals surface area contributed by atoms with Crippen molar-refractivity contribution in [1.29, 1.82) is 0 Å². The van der Waals surface area contributed by atoms with E-state index in [1.54, 1.807) is 12.2 Å². The maximum Gasteiger partial charge on any atom is 0.194 e. The molecule has 23 heavy (non-hydrogen) atoms. The largest absolute Gasteiger partial charge is 0.289 e. The molecule has 0 atom stereocenters. The summed E-state index contributed by atoms with van der Waals surface area (Å²) in [5, 5.41) is 2.05. The minimum Gasteiger partial charge on any atom is -0.289 e. The summed E-state index contributed by atoms with van der Waals surface area (Å²) in [6, 6.07) is 12.0. The molecule has 0 radical (unpaired) electrons. The monoisotopic (exact) mass is 302 g/mol. The quantitative estimate of drug-likeness (QED) is 0.703. The number of hydrogen-bond donors (Lipinski definition) is 0. The van der Waals surface area contributed by atoms with Crippen LogP contribution >= 0.6 is 0 Å². The molecule has 0 heterocycles. The maximum absolute atomic E-state index is 13.4. The Balaban J connectivity index is 1.85. The highest BCUT2D eigenvalue weighted by Gasteiger charge is 2.24. The van der Waals surface area contributed by atoms with Crippen LogP contribution in [0, 0.1) is 0 Å². The van der Waals surface area contributed by atoms with Gasteiger partial charge in [-0.05, 0) is 34.4 Å². The number of hydrogen-bond acceptors (Lipinski definition) is 1. The second-order valence-corrected chi connectivity index (χ2v) is 5.81. The molecular weight excluding hydrogens is 287 g/mol. The van der Waals surface area contributed by atoms with Crippen LogP contribution in [0.25, 0.3) is 10.8 Å². The molecule has 0 fully saturated rings. The van der Waals surface area contributed by atoms with Gasteiger partial charge >= 0.3 is 0 Å². The van der Waals surface area contributed by atoms with E-state index in [9.17, 15) is 9.18 Å². The van der Waals surface area contributed by atoms with Crippen molar-refractivity contribution in [2.45, 2.75) is 12.8 Å². The van der Waals surface area contributed by atoms with Crippen molar-refractivity contribution < 1.29 is 9.18 Å². The van der Waals surface area contributed by atoms with Crippen LogP contribution in [0.4, 0.5) is 4.39 Å². The molecule has 0 spiro atoms. The van der Waals surface area contributed by atoms with Crippen molar-refractivity contribution in [3.05, 3.63) is 94.9 Å². The van der Waals surface area contributed by atoms with Crippen LogP contribution in [0.15, 0.2) is 83.8 Å². The van der Waals surface area contributed by atoms with E-state index in [0.717, 1.165) is 33.9 Å². The predicted molar refractivity (Wildman–Crippen MR) is 91.1 cm³/mol.